The van der Waals surface area contributed by atoms with Crippen molar-refractivity contribution in [1.29, 1.82) is 0 Å². The molecule has 0 amide bonds. The van der Waals surface area contributed by atoms with Crippen molar-refractivity contribution < 1.29 is 14.3 Å². The van der Waals surface area contributed by atoms with Crippen LogP contribution in [0.1, 0.15) is 19.8 Å². The number of benzene rings is 1. The summed E-state index contributed by atoms with van der Waals surface area (Å²) in [5.74, 6) is 1.75. The maximum atomic E-state index is 10.8. The van der Waals surface area contributed by atoms with E-state index in [-0.39, 0.29) is 5.78 Å². The van der Waals surface area contributed by atoms with Gasteiger partial charge < -0.3 is 14.8 Å². The third-order valence-electron chi connectivity index (χ3n) is 2.55. The second-order valence-electron chi connectivity index (χ2n) is 4.09. The van der Waals surface area contributed by atoms with E-state index >= 15 is 0 Å². The Morgan fingerprint density at radius 1 is 1.29 bits per heavy atom. The monoisotopic (exact) mass is 235 g/mol. The molecule has 17 heavy (non-hydrogen) atoms. The van der Waals surface area contributed by atoms with Crippen LogP contribution in [0, 0.1) is 0 Å². The minimum atomic E-state index is 0.187. The fraction of sp³-hybridized carbons (Fsp3) is 0.462. The number of hydrogen-bond acceptors (Lipinski definition) is 4. The molecule has 1 N–H and O–H groups in total. The van der Waals surface area contributed by atoms with Gasteiger partial charge in [-0.2, -0.15) is 0 Å². The second-order valence-corrected chi connectivity index (χ2v) is 4.09. The molecule has 0 spiro atoms. The van der Waals surface area contributed by atoms with Crippen LogP contribution in [-0.2, 0) is 4.79 Å². The minimum absolute atomic E-state index is 0.187. The van der Waals surface area contributed by atoms with Crippen molar-refractivity contribution in [2.75, 3.05) is 25.1 Å². The molecule has 92 valence electrons. The Balaban J connectivity index is 1.99. The Morgan fingerprint density at radius 2 is 2.06 bits per heavy atom. The lowest BCUT2D eigenvalue weighted by Gasteiger charge is -2.10. The Morgan fingerprint density at radius 3 is 2.82 bits per heavy atom. The maximum absolute atomic E-state index is 10.8. The summed E-state index contributed by atoms with van der Waals surface area (Å²) in [5, 5.41) is 3.19. The van der Waals surface area contributed by atoms with Gasteiger partial charge in [-0.15, -0.1) is 0 Å². The predicted molar refractivity (Wildman–Crippen MR) is 65.8 cm³/mol. The molecule has 1 heterocycles. The van der Waals surface area contributed by atoms with E-state index in [1.54, 1.807) is 6.92 Å². The summed E-state index contributed by atoms with van der Waals surface area (Å²) in [7, 11) is 0. The Bertz CT molecular complexity index is 404. The molecular weight excluding hydrogens is 218 g/mol. The van der Waals surface area contributed by atoms with Crippen LogP contribution in [0.25, 0.3) is 0 Å². The molecular formula is C13H17NO3. The lowest BCUT2D eigenvalue weighted by Crippen LogP contribution is -2.06. The Kier molecular flexibility index (Phi) is 3.85. The van der Waals surface area contributed by atoms with Gasteiger partial charge in [-0.05, 0) is 19.1 Å². The van der Waals surface area contributed by atoms with Crippen molar-refractivity contribution in [2.24, 2.45) is 0 Å². The van der Waals surface area contributed by atoms with Crippen LogP contribution < -0.4 is 14.8 Å². The molecule has 0 atom stereocenters. The van der Waals surface area contributed by atoms with E-state index in [4.69, 9.17) is 9.47 Å². The van der Waals surface area contributed by atoms with Crippen molar-refractivity contribution in [2.45, 2.75) is 19.8 Å². The van der Waals surface area contributed by atoms with Crippen LogP contribution in [-0.4, -0.2) is 25.5 Å². The number of nitrogens with one attached hydrogen (secondary N) is 1. The predicted octanol–water partition coefficient (Wildman–Crippen LogP) is 2.24. The number of Topliss-reactive ketones (excluding diaryl/α,β-unsaturated/α-hetero) is 1. The van der Waals surface area contributed by atoms with Gasteiger partial charge >= 0.3 is 0 Å². The zero-order chi connectivity index (χ0) is 12.1. The largest absolute Gasteiger partial charge is 0.490 e. The van der Waals surface area contributed by atoms with Crippen molar-refractivity contribution in [1.82, 2.24) is 0 Å². The lowest BCUT2D eigenvalue weighted by molar-refractivity contribution is -0.116. The van der Waals surface area contributed by atoms with E-state index in [1.165, 1.54) is 0 Å². The quantitative estimate of drug-likeness (QED) is 0.869. The first-order valence-corrected chi connectivity index (χ1v) is 5.88. The average Bonchev–Trinajstić information content (AvgIpc) is 2.53. The minimum Gasteiger partial charge on any atom is -0.490 e. The van der Waals surface area contributed by atoms with Gasteiger partial charge in [-0.1, -0.05) is 0 Å². The van der Waals surface area contributed by atoms with Gasteiger partial charge in [0.15, 0.2) is 11.5 Å². The van der Waals surface area contributed by atoms with Crippen LogP contribution in [0.2, 0.25) is 0 Å². The SMILES string of the molecule is CC(=O)CCNc1ccc2c(c1)OCCCO2. The topological polar surface area (TPSA) is 47.6 Å². The summed E-state index contributed by atoms with van der Waals surface area (Å²) < 4.78 is 11.1. The molecule has 2 rings (SSSR count). The van der Waals surface area contributed by atoms with Gasteiger partial charge in [0.05, 0.1) is 13.2 Å². The first-order chi connectivity index (χ1) is 8.25. The fourth-order valence-electron chi connectivity index (χ4n) is 1.66. The van der Waals surface area contributed by atoms with Gasteiger partial charge in [0.1, 0.15) is 5.78 Å². The van der Waals surface area contributed by atoms with Crippen molar-refractivity contribution in [3.05, 3.63) is 18.2 Å². The van der Waals surface area contributed by atoms with Gasteiger partial charge in [0.2, 0.25) is 0 Å². The Labute approximate surface area is 101 Å². The Hall–Kier alpha value is -1.71. The maximum Gasteiger partial charge on any atom is 0.163 e. The normalized spacial score (nSPS) is 13.9. The van der Waals surface area contributed by atoms with Gasteiger partial charge in [-0.3, -0.25) is 4.79 Å². The highest BCUT2D eigenvalue weighted by Gasteiger charge is 2.10. The fourth-order valence-corrected chi connectivity index (χ4v) is 1.66. The molecule has 0 aliphatic carbocycles. The standard InChI is InChI=1S/C13H17NO3/c1-10(15)5-6-14-11-3-4-12-13(9-11)17-8-2-7-16-12/h3-4,9,14H,2,5-8H2,1H3. The molecule has 1 aliphatic rings. The zero-order valence-electron chi connectivity index (χ0n) is 9.99. The van der Waals surface area contributed by atoms with Gasteiger partial charge in [0.25, 0.3) is 0 Å². The molecule has 0 unspecified atom stereocenters. The van der Waals surface area contributed by atoms with E-state index in [2.05, 4.69) is 5.32 Å². The summed E-state index contributed by atoms with van der Waals surface area (Å²) in [6, 6.07) is 5.76. The van der Waals surface area contributed by atoms with E-state index in [9.17, 15) is 4.79 Å². The summed E-state index contributed by atoms with van der Waals surface area (Å²) >= 11 is 0. The third kappa shape index (κ3) is 3.37. The third-order valence-corrected chi connectivity index (χ3v) is 2.55. The van der Waals surface area contributed by atoms with Crippen molar-refractivity contribution in [3.63, 3.8) is 0 Å². The average molecular weight is 235 g/mol. The number of fused-ring (bicyclic) bond motifs is 1. The molecule has 0 aromatic heterocycles. The summed E-state index contributed by atoms with van der Waals surface area (Å²) in [6.45, 7) is 3.62. The number of carbonyl (C=O) groups excluding carboxylic acids is 1. The number of carbonyl (C=O) groups is 1. The summed E-state index contributed by atoms with van der Waals surface area (Å²) in [4.78, 5) is 10.8. The molecule has 4 heteroatoms. The molecule has 1 aromatic carbocycles. The van der Waals surface area contributed by atoms with E-state index in [0.717, 1.165) is 23.6 Å². The molecule has 0 radical (unpaired) electrons. The number of ether oxygens (including phenoxy) is 2. The van der Waals surface area contributed by atoms with E-state index < -0.39 is 0 Å². The van der Waals surface area contributed by atoms with E-state index in [0.29, 0.717) is 26.2 Å². The molecule has 0 fully saturated rings. The molecule has 0 saturated carbocycles. The molecule has 0 saturated heterocycles. The second kappa shape index (κ2) is 5.57. The van der Waals surface area contributed by atoms with Gasteiger partial charge in [-0.25, -0.2) is 0 Å². The number of rotatable bonds is 4. The smallest absolute Gasteiger partial charge is 0.163 e. The van der Waals surface area contributed by atoms with E-state index in [1.807, 2.05) is 18.2 Å². The molecule has 1 aromatic rings. The van der Waals surface area contributed by atoms with Crippen LogP contribution in [0.4, 0.5) is 5.69 Å². The number of hydrogen-bond donors (Lipinski definition) is 1. The summed E-state index contributed by atoms with van der Waals surface area (Å²) in [5.41, 5.74) is 0.954. The van der Waals surface area contributed by atoms with Gasteiger partial charge in [0, 0.05) is 31.1 Å². The van der Waals surface area contributed by atoms with Crippen molar-refractivity contribution >= 4 is 11.5 Å². The van der Waals surface area contributed by atoms with Crippen LogP contribution in [0.5, 0.6) is 11.5 Å². The van der Waals surface area contributed by atoms with Crippen LogP contribution >= 0.6 is 0 Å². The molecule has 0 bridgehead atoms. The number of ketones is 1. The highest BCUT2D eigenvalue weighted by atomic mass is 16.5. The molecule has 1 aliphatic heterocycles. The van der Waals surface area contributed by atoms with Crippen LogP contribution in [0.15, 0.2) is 18.2 Å². The van der Waals surface area contributed by atoms with Crippen molar-refractivity contribution in [3.8, 4) is 11.5 Å². The highest BCUT2D eigenvalue weighted by Crippen LogP contribution is 2.32. The van der Waals surface area contributed by atoms with Crippen LogP contribution in [0.3, 0.4) is 0 Å². The number of anilines is 1. The molecule has 4 nitrogen and oxygen atoms in total. The first-order valence-electron chi connectivity index (χ1n) is 5.88. The first kappa shape index (κ1) is 11.8. The highest BCUT2D eigenvalue weighted by molar-refractivity contribution is 5.76. The summed E-state index contributed by atoms with van der Waals surface area (Å²) in [6.07, 6.45) is 1.44. The lowest BCUT2D eigenvalue weighted by atomic mass is 10.2. The zero-order valence-corrected chi connectivity index (χ0v) is 9.99.